The van der Waals surface area contributed by atoms with Gasteiger partial charge in [-0.15, -0.1) is 12.4 Å². The molecule has 3 aromatic rings. The molecule has 1 unspecified atom stereocenters. The Morgan fingerprint density at radius 1 is 1.39 bits per heavy atom. The molecule has 1 amide bonds. The zero-order valence-corrected chi connectivity index (χ0v) is 16.1. The smallest absolute Gasteiger partial charge is 0.257 e. The van der Waals surface area contributed by atoms with Crippen molar-refractivity contribution >= 4 is 29.2 Å². The minimum Gasteiger partial charge on any atom is -0.360 e. The molecule has 1 aromatic carbocycles. The molecule has 1 fully saturated rings. The molecule has 0 spiro atoms. The number of hydrogen-bond donors (Lipinski definition) is 3. The van der Waals surface area contributed by atoms with Gasteiger partial charge in [0.25, 0.3) is 5.91 Å². The van der Waals surface area contributed by atoms with Gasteiger partial charge in [-0.2, -0.15) is 4.98 Å². The van der Waals surface area contributed by atoms with E-state index < -0.39 is 5.91 Å². The van der Waals surface area contributed by atoms with Gasteiger partial charge in [-0.25, -0.2) is 0 Å². The van der Waals surface area contributed by atoms with E-state index >= 15 is 0 Å². The van der Waals surface area contributed by atoms with Gasteiger partial charge in [-0.3, -0.25) is 14.5 Å². The van der Waals surface area contributed by atoms with Crippen molar-refractivity contribution < 1.29 is 9.32 Å². The summed E-state index contributed by atoms with van der Waals surface area (Å²) in [5.74, 6) is 0.394. The summed E-state index contributed by atoms with van der Waals surface area (Å²) >= 11 is 0. The first kappa shape index (κ1) is 20.0. The summed E-state index contributed by atoms with van der Waals surface area (Å²) in [5, 5.41) is 10.4. The fraction of sp³-hybridized carbons (Fsp3) is 0.333. The summed E-state index contributed by atoms with van der Waals surface area (Å²) in [6.07, 6.45) is 1.42. The molecule has 0 radical (unpaired) electrons. The summed E-state index contributed by atoms with van der Waals surface area (Å²) in [6.45, 7) is 2.63. The number of carbonyl (C=O) groups is 1. The summed E-state index contributed by atoms with van der Waals surface area (Å²) in [4.78, 5) is 34.4. The van der Waals surface area contributed by atoms with Crippen molar-refractivity contribution in [2.45, 2.75) is 12.6 Å². The Labute approximate surface area is 166 Å². The first-order valence-corrected chi connectivity index (χ1v) is 8.75. The average Bonchev–Trinajstić information content (AvgIpc) is 3.16. The minimum absolute atomic E-state index is 0. The van der Waals surface area contributed by atoms with E-state index in [1.54, 1.807) is 18.2 Å². The zero-order chi connectivity index (χ0) is 18.8. The molecule has 9 nitrogen and oxygen atoms in total. The molecule has 1 atom stereocenters. The van der Waals surface area contributed by atoms with Crippen LogP contribution in [0.4, 0.5) is 0 Å². The number of halogens is 1. The van der Waals surface area contributed by atoms with Crippen LogP contribution < -0.4 is 16.1 Å². The molecule has 0 bridgehead atoms. The molecule has 1 aliphatic rings. The maximum atomic E-state index is 12.5. The van der Waals surface area contributed by atoms with Gasteiger partial charge in [0, 0.05) is 36.7 Å². The number of rotatable bonds is 4. The number of piperazine rings is 1. The second kappa shape index (κ2) is 8.51. The third-order valence-electron chi connectivity index (χ3n) is 4.73. The Bertz CT molecular complexity index is 1030. The number of amides is 1. The lowest BCUT2D eigenvalue weighted by molar-refractivity contribution is 0.0945. The van der Waals surface area contributed by atoms with E-state index in [-0.39, 0.29) is 36.0 Å². The number of carbonyl (C=O) groups excluding carboxylic acids is 1. The predicted molar refractivity (Wildman–Crippen MR) is 106 cm³/mol. The number of nitrogens with one attached hydrogen (secondary N) is 3. The second-order valence-corrected chi connectivity index (χ2v) is 6.51. The number of hydrogen-bond acceptors (Lipinski definition) is 7. The maximum absolute atomic E-state index is 12.5. The van der Waals surface area contributed by atoms with Gasteiger partial charge in [0.05, 0.1) is 12.6 Å². The van der Waals surface area contributed by atoms with Crippen molar-refractivity contribution in [2.75, 3.05) is 26.7 Å². The second-order valence-electron chi connectivity index (χ2n) is 6.51. The van der Waals surface area contributed by atoms with E-state index in [1.807, 2.05) is 13.1 Å². The van der Waals surface area contributed by atoms with Crippen molar-refractivity contribution in [3.63, 3.8) is 0 Å². The SMILES string of the molecule is CN1CCNCC1c1noc(CNC(=O)c2c[nH]c3ccccc3c2=O)n1.Cl. The maximum Gasteiger partial charge on any atom is 0.257 e. The number of pyridine rings is 1. The Kier molecular flexibility index (Phi) is 6.08. The van der Waals surface area contributed by atoms with Crippen LogP contribution in [-0.2, 0) is 6.54 Å². The van der Waals surface area contributed by atoms with Gasteiger partial charge in [0.15, 0.2) is 5.82 Å². The van der Waals surface area contributed by atoms with Crippen molar-refractivity contribution in [3.8, 4) is 0 Å². The average molecular weight is 405 g/mol. The molecule has 148 valence electrons. The molecular formula is C18H21ClN6O3. The molecule has 0 saturated carbocycles. The number of aromatic amines is 1. The molecule has 3 heterocycles. The molecule has 4 rings (SSSR count). The third-order valence-corrected chi connectivity index (χ3v) is 4.73. The molecule has 3 N–H and O–H groups in total. The number of benzene rings is 1. The Morgan fingerprint density at radius 3 is 3.04 bits per heavy atom. The van der Waals surface area contributed by atoms with Crippen molar-refractivity contribution in [1.82, 2.24) is 30.7 Å². The van der Waals surface area contributed by atoms with Gasteiger partial charge in [0.2, 0.25) is 11.3 Å². The van der Waals surface area contributed by atoms with E-state index in [0.29, 0.717) is 22.6 Å². The minimum atomic E-state index is -0.488. The van der Waals surface area contributed by atoms with Gasteiger partial charge in [-0.1, -0.05) is 17.3 Å². The Hall–Kier alpha value is -2.75. The highest BCUT2D eigenvalue weighted by atomic mass is 35.5. The molecule has 28 heavy (non-hydrogen) atoms. The lowest BCUT2D eigenvalue weighted by Gasteiger charge is -2.30. The number of likely N-dealkylation sites (N-methyl/N-ethyl adjacent to an activating group) is 1. The number of fused-ring (bicyclic) bond motifs is 1. The quantitative estimate of drug-likeness (QED) is 0.590. The van der Waals surface area contributed by atoms with Crippen LogP contribution in [0.25, 0.3) is 10.9 Å². The van der Waals surface area contributed by atoms with Crippen LogP contribution >= 0.6 is 12.4 Å². The highest BCUT2D eigenvalue weighted by Gasteiger charge is 2.25. The first-order valence-electron chi connectivity index (χ1n) is 8.75. The van der Waals surface area contributed by atoms with Crippen molar-refractivity contribution in [3.05, 3.63) is 58.0 Å². The first-order chi connectivity index (χ1) is 13.1. The van der Waals surface area contributed by atoms with E-state index in [1.165, 1.54) is 6.20 Å². The van der Waals surface area contributed by atoms with Crippen molar-refractivity contribution in [2.24, 2.45) is 0 Å². The molecule has 10 heteroatoms. The highest BCUT2D eigenvalue weighted by molar-refractivity contribution is 5.96. The van der Waals surface area contributed by atoms with Crippen LogP contribution in [0.5, 0.6) is 0 Å². The normalized spacial score (nSPS) is 17.2. The molecular weight excluding hydrogens is 384 g/mol. The topological polar surface area (TPSA) is 116 Å². The molecule has 1 aliphatic heterocycles. The van der Waals surface area contributed by atoms with Crippen LogP contribution in [0.15, 0.2) is 39.8 Å². The van der Waals surface area contributed by atoms with Crippen LogP contribution in [0.1, 0.15) is 28.1 Å². The van der Waals surface area contributed by atoms with Gasteiger partial charge >= 0.3 is 0 Å². The largest absolute Gasteiger partial charge is 0.360 e. The number of H-pyrrole nitrogens is 1. The highest BCUT2D eigenvalue weighted by Crippen LogP contribution is 2.17. The Balaban J connectivity index is 0.00000225. The van der Waals surface area contributed by atoms with Crippen LogP contribution in [-0.4, -0.2) is 52.6 Å². The molecule has 0 aliphatic carbocycles. The number of nitrogens with zero attached hydrogens (tertiary/aromatic N) is 3. The van der Waals surface area contributed by atoms with Gasteiger partial charge in [-0.05, 0) is 19.2 Å². The summed E-state index contributed by atoms with van der Waals surface area (Å²) in [5.41, 5.74) is 0.415. The monoisotopic (exact) mass is 404 g/mol. The number of aromatic nitrogens is 3. The predicted octanol–water partition coefficient (Wildman–Crippen LogP) is 0.839. The van der Waals surface area contributed by atoms with E-state index in [4.69, 9.17) is 4.52 Å². The standard InChI is InChI=1S/C18H20N6O3.ClH/c1-24-7-6-19-9-14(24)17-22-15(27-23-17)10-21-18(26)12-8-20-13-5-3-2-4-11(13)16(12)25;/h2-5,8,14,19H,6-7,9-10H2,1H3,(H,20,25)(H,21,26);1H. The van der Waals surface area contributed by atoms with Gasteiger partial charge in [0.1, 0.15) is 5.56 Å². The molecule has 2 aromatic heterocycles. The Morgan fingerprint density at radius 2 is 2.21 bits per heavy atom. The lowest BCUT2D eigenvalue weighted by atomic mass is 10.1. The van der Waals surface area contributed by atoms with Crippen LogP contribution in [0.3, 0.4) is 0 Å². The van der Waals surface area contributed by atoms with E-state index in [2.05, 4.69) is 30.7 Å². The van der Waals surface area contributed by atoms with E-state index in [0.717, 1.165) is 19.6 Å². The summed E-state index contributed by atoms with van der Waals surface area (Å²) in [7, 11) is 2.01. The lowest BCUT2D eigenvalue weighted by Crippen LogP contribution is -2.44. The van der Waals surface area contributed by atoms with Crippen LogP contribution in [0, 0.1) is 0 Å². The van der Waals surface area contributed by atoms with Gasteiger partial charge < -0.3 is 20.1 Å². The van der Waals surface area contributed by atoms with Crippen LogP contribution in [0.2, 0.25) is 0 Å². The van der Waals surface area contributed by atoms with Crippen molar-refractivity contribution in [1.29, 1.82) is 0 Å². The fourth-order valence-corrected chi connectivity index (χ4v) is 3.16. The fourth-order valence-electron chi connectivity index (χ4n) is 3.16. The summed E-state index contributed by atoms with van der Waals surface area (Å²) < 4.78 is 5.24. The van der Waals surface area contributed by atoms with E-state index in [9.17, 15) is 9.59 Å². The number of para-hydroxylation sites is 1. The zero-order valence-electron chi connectivity index (χ0n) is 15.3. The third kappa shape index (κ3) is 3.91. The molecule has 1 saturated heterocycles. The summed E-state index contributed by atoms with van der Waals surface area (Å²) in [6, 6.07) is 7.09.